The van der Waals surface area contributed by atoms with Gasteiger partial charge in [-0.25, -0.2) is 0 Å². The van der Waals surface area contributed by atoms with Crippen molar-refractivity contribution < 1.29 is 9.59 Å². The van der Waals surface area contributed by atoms with Gasteiger partial charge in [0.25, 0.3) is 0 Å². The highest BCUT2D eigenvalue weighted by Gasteiger charge is 2.33. The van der Waals surface area contributed by atoms with Gasteiger partial charge < -0.3 is 0 Å². The molecule has 2 fully saturated rings. The Bertz CT molecular complexity index is 221. The zero-order valence-corrected chi connectivity index (χ0v) is 7.01. The third-order valence-corrected chi connectivity index (χ3v) is 2.91. The molecule has 0 aromatic rings. The van der Waals surface area contributed by atoms with Crippen LogP contribution in [0.5, 0.6) is 0 Å². The molecule has 1 atom stereocenters. The normalized spacial score (nSPS) is 30.2. The van der Waals surface area contributed by atoms with E-state index in [1.165, 1.54) is 19.3 Å². The molecule has 1 unspecified atom stereocenters. The van der Waals surface area contributed by atoms with E-state index >= 15 is 0 Å². The fraction of sp³-hybridized carbons (Fsp3) is 0.778. The highest BCUT2D eigenvalue weighted by Crippen LogP contribution is 2.34. The summed E-state index contributed by atoms with van der Waals surface area (Å²) in [4.78, 5) is 21.9. The van der Waals surface area contributed by atoms with Gasteiger partial charge >= 0.3 is 0 Å². The monoisotopic (exact) mass is 167 g/mol. The first-order chi connectivity index (χ1) is 5.75. The van der Waals surface area contributed by atoms with E-state index in [9.17, 15) is 9.59 Å². The van der Waals surface area contributed by atoms with Crippen molar-refractivity contribution in [3.05, 3.63) is 0 Å². The van der Waals surface area contributed by atoms with Crippen molar-refractivity contribution in [3.63, 3.8) is 0 Å². The maximum absolute atomic E-state index is 11.1. The van der Waals surface area contributed by atoms with Gasteiger partial charge in [-0.2, -0.15) is 0 Å². The average molecular weight is 167 g/mol. The molecule has 2 rings (SSSR count). The van der Waals surface area contributed by atoms with Gasteiger partial charge in [0.15, 0.2) is 0 Å². The van der Waals surface area contributed by atoms with Crippen molar-refractivity contribution >= 4 is 11.8 Å². The highest BCUT2D eigenvalue weighted by atomic mass is 16.2. The summed E-state index contributed by atoms with van der Waals surface area (Å²) < 4.78 is 0. The highest BCUT2D eigenvalue weighted by molar-refractivity contribution is 6.03. The van der Waals surface area contributed by atoms with E-state index in [1.54, 1.807) is 0 Å². The number of rotatable bonds is 2. The Morgan fingerprint density at radius 2 is 2.08 bits per heavy atom. The summed E-state index contributed by atoms with van der Waals surface area (Å²) in [5.74, 6) is 0.561. The quantitative estimate of drug-likeness (QED) is 0.619. The van der Waals surface area contributed by atoms with Gasteiger partial charge in [0.1, 0.15) is 0 Å². The molecule has 12 heavy (non-hydrogen) atoms. The average Bonchev–Trinajstić information content (AvgIpc) is 2.21. The molecule has 0 aromatic carbocycles. The van der Waals surface area contributed by atoms with Crippen LogP contribution in [-0.2, 0) is 9.59 Å². The van der Waals surface area contributed by atoms with Gasteiger partial charge in [0.05, 0.1) is 0 Å². The Kier molecular flexibility index (Phi) is 1.87. The molecule has 1 aliphatic carbocycles. The van der Waals surface area contributed by atoms with Crippen molar-refractivity contribution in [1.29, 1.82) is 0 Å². The smallest absolute Gasteiger partial charge is 0.230 e. The first-order valence-corrected chi connectivity index (χ1v) is 4.59. The molecule has 2 amide bonds. The van der Waals surface area contributed by atoms with Crippen LogP contribution in [-0.4, -0.2) is 11.8 Å². The summed E-state index contributed by atoms with van der Waals surface area (Å²) in [6.07, 6.45) is 5.15. The topological polar surface area (TPSA) is 46.2 Å². The van der Waals surface area contributed by atoms with Gasteiger partial charge in [-0.15, -0.1) is 0 Å². The number of carbonyl (C=O) groups excluding carboxylic acids is 2. The summed E-state index contributed by atoms with van der Waals surface area (Å²) >= 11 is 0. The number of nitrogens with one attached hydrogen (secondary N) is 1. The van der Waals surface area contributed by atoms with Crippen molar-refractivity contribution in [2.45, 2.75) is 32.1 Å². The Labute approximate surface area is 71.5 Å². The second kappa shape index (κ2) is 2.88. The van der Waals surface area contributed by atoms with E-state index in [0.29, 0.717) is 12.3 Å². The molecule has 3 heteroatoms. The van der Waals surface area contributed by atoms with Crippen LogP contribution < -0.4 is 5.32 Å². The van der Waals surface area contributed by atoms with Crippen LogP contribution in [0, 0.1) is 11.8 Å². The lowest BCUT2D eigenvalue weighted by atomic mass is 9.78. The number of hydrogen-bond donors (Lipinski definition) is 1. The first-order valence-electron chi connectivity index (χ1n) is 4.59. The molecule has 1 N–H and O–H groups in total. The molecule has 0 radical (unpaired) electrons. The van der Waals surface area contributed by atoms with Crippen LogP contribution in [0.25, 0.3) is 0 Å². The van der Waals surface area contributed by atoms with E-state index in [-0.39, 0.29) is 17.7 Å². The van der Waals surface area contributed by atoms with Crippen LogP contribution in [0.2, 0.25) is 0 Å². The van der Waals surface area contributed by atoms with E-state index in [0.717, 1.165) is 6.42 Å². The van der Waals surface area contributed by atoms with E-state index in [2.05, 4.69) is 5.32 Å². The molecule has 1 aliphatic heterocycles. The van der Waals surface area contributed by atoms with E-state index in [1.807, 2.05) is 0 Å². The molecule has 1 saturated heterocycles. The summed E-state index contributed by atoms with van der Waals surface area (Å²) in [7, 11) is 0. The molecule has 0 spiro atoms. The van der Waals surface area contributed by atoms with Gasteiger partial charge in [-0.3, -0.25) is 14.9 Å². The van der Waals surface area contributed by atoms with Crippen LogP contribution in [0.1, 0.15) is 32.1 Å². The van der Waals surface area contributed by atoms with Crippen molar-refractivity contribution in [1.82, 2.24) is 5.32 Å². The third-order valence-electron chi connectivity index (χ3n) is 2.91. The van der Waals surface area contributed by atoms with Crippen molar-refractivity contribution in [3.8, 4) is 0 Å². The second-order valence-electron chi connectivity index (χ2n) is 3.85. The summed E-state index contributed by atoms with van der Waals surface area (Å²) in [6, 6.07) is 0. The molecule has 1 heterocycles. The summed E-state index contributed by atoms with van der Waals surface area (Å²) in [6.45, 7) is 0. The van der Waals surface area contributed by atoms with Crippen molar-refractivity contribution in [2.24, 2.45) is 11.8 Å². The lowest BCUT2D eigenvalue weighted by molar-refractivity contribution is -0.126. The molecule has 66 valence electrons. The van der Waals surface area contributed by atoms with E-state index in [4.69, 9.17) is 0 Å². The minimum Gasteiger partial charge on any atom is -0.296 e. The zero-order chi connectivity index (χ0) is 8.55. The first kappa shape index (κ1) is 7.77. The van der Waals surface area contributed by atoms with Gasteiger partial charge in [0, 0.05) is 12.3 Å². The number of amides is 2. The van der Waals surface area contributed by atoms with Crippen molar-refractivity contribution in [2.75, 3.05) is 0 Å². The number of carbonyl (C=O) groups is 2. The SMILES string of the molecule is O=C1CC(CC2CCC2)C(=O)N1. The maximum Gasteiger partial charge on any atom is 0.230 e. The Morgan fingerprint density at radius 1 is 1.33 bits per heavy atom. The minimum atomic E-state index is -0.0932. The predicted octanol–water partition coefficient (Wildman–Crippen LogP) is 0.839. The van der Waals surface area contributed by atoms with Gasteiger partial charge in [-0.05, 0) is 12.3 Å². The van der Waals surface area contributed by atoms with Gasteiger partial charge in [0.2, 0.25) is 11.8 Å². The van der Waals surface area contributed by atoms with Crippen LogP contribution in [0.3, 0.4) is 0 Å². The van der Waals surface area contributed by atoms with E-state index < -0.39 is 0 Å². The lowest BCUT2D eigenvalue weighted by Gasteiger charge is -2.26. The Hall–Kier alpha value is -0.860. The maximum atomic E-state index is 11.1. The molecule has 3 nitrogen and oxygen atoms in total. The predicted molar refractivity (Wildman–Crippen MR) is 43.2 cm³/mol. The van der Waals surface area contributed by atoms with Crippen LogP contribution in [0.4, 0.5) is 0 Å². The molecule has 0 bridgehead atoms. The molecular formula is C9H13NO2. The Morgan fingerprint density at radius 3 is 2.50 bits per heavy atom. The zero-order valence-electron chi connectivity index (χ0n) is 7.01. The summed E-state index contributed by atoms with van der Waals surface area (Å²) in [5, 5.41) is 2.34. The van der Waals surface area contributed by atoms with Crippen LogP contribution in [0.15, 0.2) is 0 Å². The summed E-state index contributed by atoms with van der Waals surface area (Å²) in [5.41, 5.74) is 0. The fourth-order valence-electron chi connectivity index (χ4n) is 1.93. The number of imide groups is 1. The largest absolute Gasteiger partial charge is 0.296 e. The Balaban J connectivity index is 1.86. The van der Waals surface area contributed by atoms with Gasteiger partial charge in [-0.1, -0.05) is 19.3 Å². The molecule has 0 aromatic heterocycles. The fourth-order valence-corrected chi connectivity index (χ4v) is 1.93. The third kappa shape index (κ3) is 1.36. The second-order valence-corrected chi connectivity index (χ2v) is 3.85. The lowest BCUT2D eigenvalue weighted by Crippen LogP contribution is -2.24. The molecule has 1 saturated carbocycles. The number of hydrogen-bond acceptors (Lipinski definition) is 2. The standard InChI is InChI=1S/C9H13NO2/c11-8-5-7(9(12)10-8)4-6-2-1-3-6/h6-7H,1-5H2,(H,10,11,12). The molecular weight excluding hydrogens is 154 g/mol. The minimum absolute atomic E-state index is 0.0113. The molecule has 2 aliphatic rings. The van der Waals surface area contributed by atoms with Crippen LogP contribution >= 0.6 is 0 Å².